The fraction of sp³-hybridized carbons (Fsp3) is 0.143. The van der Waals surface area contributed by atoms with Gasteiger partial charge in [-0.15, -0.1) is 11.3 Å². The van der Waals surface area contributed by atoms with Gasteiger partial charge in [-0.2, -0.15) is 0 Å². The summed E-state index contributed by atoms with van der Waals surface area (Å²) in [5.41, 5.74) is 6.45. The van der Waals surface area contributed by atoms with E-state index in [9.17, 15) is 12.8 Å². The molecule has 7 heteroatoms. The van der Waals surface area contributed by atoms with Gasteiger partial charge in [-0.1, -0.05) is 6.07 Å². The molecule has 2 heterocycles. The van der Waals surface area contributed by atoms with Crippen LogP contribution in [0.25, 0.3) is 10.2 Å². The lowest BCUT2D eigenvalue weighted by molar-refractivity contribution is 0.584. The first-order valence-electron chi connectivity index (χ1n) is 6.32. The summed E-state index contributed by atoms with van der Waals surface area (Å²) in [4.78, 5) is 0.565. The van der Waals surface area contributed by atoms with Gasteiger partial charge in [0.1, 0.15) is 10.6 Å². The predicted molar refractivity (Wildman–Crippen MR) is 81.6 cm³/mol. The molecular weight excluding hydrogens is 311 g/mol. The minimum atomic E-state index is -3.81. The zero-order valence-electron chi connectivity index (χ0n) is 11.0. The van der Waals surface area contributed by atoms with Crippen LogP contribution in [-0.2, 0) is 16.4 Å². The summed E-state index contributed by atoms with van der Waals surface area (Å²) in [6.07, 6.45) is 2.17. The van der Waals surface area contributed by atoms with E-state index in [1.165, 1.54) is 33.5 Å². The quantitative estimate of drug-likeness (QED) is 0.802. The maximum absolute atomic E-state index is 13.3. The van der Waals surface area contributed by atoms with Crippen molar-refractivity contribution in [3.63, 3.8) is 0 Å². The predicted octanol–water partition coefficient (Wildman–Crippen LogP) is 2.58. The van der Waals surface area contributed by atoms with Gasteiger partial charge in [0.15, 0.2) is 0 Å². The van der Waals surface area contributed by atoms with Gasteiger partial charge in [0.05, 0.1) is 4.90 Å². The number of aromatic nitrogens is 1. The van der Waals surface area contributed by atoms with Gasteiger partial charge in [-0.3, -0.25) is 0 Å². The van der Waals surface area contributed by atoms with E-state index in [2.05, 4.69) is 0 Å². The average molecular weight is 324 g/mol. The number of thiophene rings is 1. The van der Waals surface area contributed by atoms with Crippen molar-refractivity contribution in [3.8, 4) is 0 Å². The molecule has 0 radical (unpaired) electrons. The van der Waals surface area contributed by atoms with E-state index >= 15 is 0 Å². The Balaban J connectivity index is 2.22. The van der Waals surface area contributed by atoms with Gasteiger partial charge in [-0.05, 0) is 48.2 Å². The molecule has 0 amide bonds. The van der Waals surface area contributed by atoms with E-state index in [0.717, 1.165) is 17.0 Å². The van der Waals surface area contributed by atoms with E-state index in [1.54, 1.807) is 6.20 Å². The Morgan fingerprint density at radius 3 is 2.81 bits per heavy atom. The largest absolute Gasteiger partial charge is 0.330 e. The summed E-state index contributed by atoms with van der Waals surface area (Å²) in [7, 11) is -3.81. The summed E-state index contributed by atoms with van der Waals surface area (Å²) >= 11 is 1.34. The molecule has 0 saturated carbocycles. The Morgan fingerprint density at radius 2 is 2.10 bits per heavy atom. The lowest BCUT2D eigenvalue weighted by atomic mass is 10.2. The third-order valence-corrected chi connectivity index (χ3v) is 5.91. The van der Waals surface area contributed by atoms with Gasteiger partial charge in [0.25, 0.3) is 10.0 Å². The van der Waals surface area contributed by atoms with E-state index in [0.29, 0.717) is 17.8 Å². The number of nitrogens with zero attached hydrogens (tertiary/aromatic N) is 1. The topological polar surface area (TPSA) is 65.1 Å². The van der Waals surface area contributed by atoms with Crippen LogP contribution in [0.1, 0.15) is 5.56 Å². The van der Waals surface area contributed by atoms with Gasteiger partial charge in [-0.25, -0.2) is 16.8 Å². The molecule has 0 atom stereocenters. The zero-order chi connectivity index (χ0) is 15.0. The third-order valence-electron chi connectivity index (χ3n) is 3.23. The molecule has 3 rings (SSSR count). The van der Waals surface area contributed by atoms with Crippen molar-refractivity contribution in [2.45, 2.75) is 11.3 Å². The highest BCUT2D eigenvalue weighted by Crippen LogP contribution is 2.30. The molecule has 0 spiro atoms. The first-order valence-corrected chi connectivity index (χ1v) is 8.64. The second-order valence-corrected chi connectivity index (χ2v) is 7.30. The van der Waals surface area contributed by atoms with E-state index in [-0.39, 0.29) is 4.90 Å². The number of hydrogen-bond donors (Lipinski definition) is 1. The van der Waals surface area contributed by atoms with Crippen LogP contribution in [0.15, 0.2) is 46.8 Å². The Hall–Kier alpha value is -1.70. The van der Waals surface area contributed by atoms with Crippen LogP contribution in [-0.4, -0.2) is 18.9 Å². The normalized spacial score (nSPS) is 12.1. The first-order chi connectivity index (χ1) is 10.0. The molecule has 0 aliphatic rings. The van der Waals surface area contributed by atoms with Crippen molar-refractivity contribution in [2.75, 3.05) is 6.54 Å². The number of fused-ring (bicyclic) bond motifs is 1. The van der Waals surface area contributed by atoms with Crippen molar-refractivity contribution >= 4 is 31.6 Å². The van der Waals surface area contributed by atoms with Gasteiger partial charge >= 0.3 is 0 Å². The van der Waals surface area contributed by atoms with Crippen molar-refractivity contribution < 1.29 is 12.8 Å². The third kappa shape index (κ3) is 2.37. The fourth-order valence-corrected chi connectivity index (χ4v) is 4.82. The molecule has 0 saturated heterocycles. The smallest absolute Gasteiger partial charge is 0.268 e. The lowest BCUT2D eigenvalue weighted by Crippen LogP contribution is -2.11. The van der Waals surface area contributed by atoms with Crippen LogP contribution in [0.2, 0.25) is 0 Å². The van der Waals surface area contributed by atoms with E-state index in [4.69, 9.17) is 5.73 Å². The Kier molecular flexibility index (Phi) is 3.56. The number of hydrogen-bond acceptors (Lipinski definition) is 4. The van der Waals surface area contributed by atoms with Crippen LogP contribution >= 0.6 is 11.3 Å². The second kappa shape index (κ2) is 5.25. The van der Waals surface area contributed by atoms with Crippen LogP contribution < -0.4 is 5.73 Å². The molecule has 3 aromatic rings. The molecular formula is C14H13FN2O2S2. The standard InChI is InChI=1S/C14H13FN2O2S2/c15-11-2-1-3-12(8-11)21(18,19)17-9-10(4-6-16)13-5-7-20-14(13)17/h1-3,5,7-9H,4,6,16H2. The molecule has 0 aliphatic carbocycles. The Bertz CT molecular complexity index is 897. The number of rotatable bonds is 4. The van der Waals surface area contributed by atoms with E-state index < -0.39 is 15.8 Å². The summed E-state index contributed by atoms with van der Waals surface area (Å²) in [6.45, 7) is 0.439. The fourth-order valence-electron chi connectivity index (χ4n) is 2.26. The zero-order valence-corrected chi connectivity index (χ0v) is 12.6. The molecule has 2 N–H and O–H groups in total. The molecule has 21 heavy (non-hydrogen) atoms. The maximum Gasteiger partial charge on any atom is 0.268 e. The monoisotopic (exact) mass is 324 g/mol. The lowest BCUT2D eigenvalue weighted by Gasteiger charge is -2.06. The summed E-state index contributed by atoms with van der Waals surface area (Å²) in [6, 6.07) is 6.90. The van der Waals surface area contributed by atoms with E-state index in [1.807, 2.05) is 11.4 Å². The van der Waals surface area contributed by atoms with Gasteiger partial charge < -0.3 is 5.73 Å². The number of halogens is 1. The maximum atomic E-state index is 13.3. The Labute approximate surface area is 125 Å². The van der Waals surface area contributed by atoms with Crippen LogP contribution in [0, 0.1) is 5.82 Å². The highest BCUT2D eigenvalue weighted by atomic mass is 32.2. The van der Waals surface area contributed by atoms with Crippen LogP contribution in [0.3, 0.4) is 0 Å². The molecule has 2 aromatic heterocycles. The molecule has 0 fully saturated rings. The highest BCUT2D eigenvalue weighted by molar-refractivity contribution is 7.90. The average Bonchev–Trinajstić information content (AvgIpc) is 3.03. The number of benzene rings is 1. The molecule has 4 nitrogen and oxygen atoms in total. The first kappa shape index (κ1) is 14.2. The summed E-state index contributed by atoms with van der Waals surface area (Å²) < 4.78 is 39.9. The summed E-state index contributed by atoms with van der Waals surface area (Å²) in [5.74, 6) is -0.576. The molecule has 0 bridgehead atoms. The number of nitrogens with two attached hydrogens (primary N) is 1. The van der Waals surface area contributed by atoms with Gasteiger partial charge in [0, 0.05) is 11.6 Å². The molecule has 1 aromatic carbocycles. The Morgan fingerprint density at radius 1 is 1.29 bits per heavy atom. The second-order valence-electron chi connectivity index (χ2n) is 4.59. The minimum absolute atomic E-state index is 0.0629. The molecule has 0 aliphatic heterocycles. The molecule has 0 unspecified atom stereocenters. The van der Waals surface area contributed by atoms with Crippen LogP contribution in [0.4, 0.5) is 4.39 Å². The van der Waals surface area contributed by atoms with Crippen molar-refractivity contribution in [1.29, 1.82) is 0 Å². The summed E-state index contributed by atoms with van der Waals surface area (Å²) in [5, 5.41) is 2.72. The molecule has 110 valence electrons. The SMILES string of the molecule is NCCc1cn(S(=O)(=O)c2cccc(F)c2)c2sccc12. The van der Waals surface area contributed by atoms with Gasteiger partial charge in [0.2, 0.25) is 0 Å². The van der Waals surface area contributed by atoms with Crippen LogP contribution in [0.5, 0.6) is 0 Å². The van der Waals surface area contributed by atoms with Crippen molar-refractivity contribution in [2.24, 2.45) is 5.73 Å². The van der Waals surface area contributed by atoms with Crippen molar-refractivity contribution in [3.05, 3.63) is 53.3 Å². The highest BCUT2D eigenvalue weighted by Gasteiger charge is 2.22. The van der Waals surface area contributed by atoms with Crippen molar-refractivity contribution in [1.82, 2.24) is 3.97 Å². The minimum Gasteiger partial charge on any atom is -0.330 e.